The number of H-pyrrole nitrogens is 1. The summed E-state index contributed by atoms with van der Waals surface area (Å²) < 4.78 is 13.1. The summed E-state index contributed by atoms with van der Waals surface area (Å²) in [6, 6.07) is 5.90. The number of benzene rings is 1. The van der Waals surface area contributed by atoms with Gasteiger partial charge in [-0.05, 0) is 60.4 Å². The highest BCUT2D eigenvalue weighted by Crippen LogP contribution is 2.43. The third-order valence-corrected chi connectivity index (χ3v) is 15.1. The number of aryl methyl sites for hydroxylation is 1. The number of imidazole rings is 1. The molecule has 1 aromatic heterocycles. The van der Waals surface area contributed by atoms with Gasteiger partial charge in [-0.25, -0.2) is 4.98 Å². The molecule has 0 aliphatic carbocycles. The number of carboxylic acids is 1. The third kappa shape index (κ3) is 8.46. The number of aliphatic carboxylic acids is 1. The van der Waals surface area contributed by atoms with Crippen molar-refractivity contribution in [2.75, 3.05) is 0 Å². The van der Waals surface area contributed by atoms with Crippen LogP contribution >= 0.6 is 0 Å². The Morgan fingerprint density at radius 2 is 1.50 bits per heavy atom. The Balaban J connectivity index is 0.000000894. The maximum absolute atomic E-state index is 10.9. The zero-order valence-corrected chi connectivity index (χ0v) is 23.5. The number of carboxylic acid groups (broad SMARTS) is 1. The van der Waals surface area contributed by atoms with Crippen LogP contribution in [0.2, 0.25) is 36.3 Å². The molecule has 0 saturated carbocycles. The molecule has 1 heterocycles. The molecule has 0 fully saturated rings. The van der Waals surface area contributed by atoms with Gasteiger partial charge in [0.2, 0.25) is 0 Å². The zero-order valence-electron chi connectivity index (χ0n) is 21.5. The summed E-state index contributed by atoms with van der Waals surface area (Å²) in [6.07, 6.45) is 5.69. The number of nitrogens with zero attached hydrogens (tertiary/aromatic N) is 1. The second-order valence-corrected chi connectivity index (χ2v) is 20.6. The summed E-state index contributed by atoms with van der Waals surface area (Å²) in [5, 5.41) is 9.14. The molecule has 0 unspecified atom stereocenters. The van der Waals surface area contributed by atoms with Crippen LogP contribution in [-0.4, -0.2) is 37.7 Å². The lowest BCUT2D eigenvalue weighted by molar-refractivity contribution is -0.136. The molecule has 0 bridgehead atoms. The highest BCUT2D eigenvalue weighted by molar-refractivity contribution is 6.75. The van der Waals surface area contributed by atoms with E-state index in [4.69, 9.17) is 14.0 Å². The predicted molar refractivity (Wildman–Crippen MR) is 137 cm³/mol. The minimum atomic E-state index is -2.05. The van der Waals surface area contributed by atoms with Gasteiger partial charge in [-0.2, -0.15) is 0 Å². The van der Waals surface area contributed by atoms with Crippen molar-refractivity contribution in [1.29, 1.82) is 0 Å². The summed E-state index contributed by atoms with van der Waals surface area (Å²) in [5.41, 5.74) is 0.966. The molecule has 0 aliphatic heterocycles. The van der Waals surface area contributed by atoms with Crippen LogP contribution < -0.4 is 8.85 Å². The fourth-order valence-corrected chi connectivity index (χ4v) is 4.23. The molecule has 1 aromatic carbocycles. The predicted octanol–water partition coefficient (Wildman–Crippen LogP) is 6.88. The van der Waals surface area contributed by atoms with Gasteiger partial charge >= 0.3 is 5.97 Å². The van der Waals surface area contributed by atoms with E-state index in [2.05, 4.69) is 77.7 Å². The van der Waals surface area contributed by atoms with Gasteiger partial charge in [0.25, 0.3) is 16.6 Å². The number of hydrogen-bond acceptors (Lipinski definition) is 4. The van der Waals surface area contributed by atoms with Gasteiger partial charge in [-0.15, -0.1) is 0 Å². The lowest BCUT2D eigenvalue weighted by Gasteiger charge is -2.39. The first-order chi connectivity index (χ1) is 14.5. The van der Waals surface area contributed by atoms with E-state index < -0.39 is 22.6 Å². The normalized spacial score (nSPS) is 12.6. The minimum Gasteiger partial charge on any atom is -0.541 e. The summed E-state index contributed by atoms with van der Waals surface area (Å²) in [5.74, 6) is 0.753. The minimum absolute atomic E-state index is 0.0678. The quantitative estimate of drug-likeness (QED) is 0.424. The average molecular weight is 479 g/mol. The number of aromatic amines is 1. The van der Waals surface area contributed by atoms with Crippen molar-refractivity contribution in [3.05, 3.63) is 42.5 Å². The maximum atomic E-state index is 10.9. The standard InChI is InChI=1S/C21H38O4Si2.C3H4N2/c1-20(2,3)26(7,8)24-17-13-11-16(12-14-19(22)23)15-18(17)25-27(9,10)21(4,5)6;1-2-5-3-4-1/h11,13,15H,12,14H2,1-10H3,(H,22,23);1-3H,(H,4,5). The second kappa shape index (κ2) is 10.7. The maximum Gasteiger partial charge on any atom is 0.303 e. The Kier molecular flexibility index (Phi) is 9.35. The molecule has 6 nitrogen and oxygen atoms in total. The van der Waals surface area contributed by atoms with Crippen LogP contribution in [-0.2, 0) is 11.2 Å². The van der Waals surface area contributed by atoms with Crippen molar-refractivity contribution in [3.8, 4) is 11.5 Å². The number of nitrogens with one attached hydrogen (secondary N) is 1. The molecule has 180 valence electrons. The molecule has 2 rings (SSSR count). The third-order valence-electron chi connectivity index (χ3n) is 6.38. The van der Waals surface area contributed by atoms with E-state index in [0.29, 0.717) is 6.42 Å². The van der Waals surface area contributed by atoms with Crippen molar-refractivity contribution in [1.82, 2.24) is 9.97 Å². The first kappa shape index (κ1) is 28.0. The first-order valence-corrected chi connectivity index (χ1v) is 16.9. The molecule has 0 amide bonds. The highest BCUT2D eigenvalue weighted by atomic mass is 28.4. The van der Waals surface area contributed by atoms with Gasteiger partial charge in [-0.1, -0.05) is 47.6 Å². The van der Waals surface area contributed by atoms with E-state index in [1.165, 1.54) is 0 Å². The van der Waals surface area contributed by atoms with Crippen molar-refractivity contribution in [2.24, 2.45) is 0 Å². The number of aromatic nitrogens is 2. The molecule has 0 radical (unpaired) electrons. The molecule has 32 heavy (non-hydrogen) atoms. The van der Waals surface area contributed by atoms with E-state index in [9.17, 15) is 4.79 Å². The summed E-state index contributed by atoms with van der Waals surface area (Å²) >= 11 is 0. The molecule has 8 heteroatoms. The highest BCUT2D eigenvalue weighted by Gasteiger charge is 2.42. The Hall–Kier alpha value is -2.07. The van der Waals surface area contributed by atoms with E-state index in [0.717, 1.165) is 17.1 Å². The van der Waals surface area contributed by atoms with Gasteiger partial charge < -0.3 is 18.9 Å². The van der Waals surface area contributed by atoms with Crippen molar-refractivity contribution in [3.63, 3.8) is 0 Å². The molecular weight excluding hydrogens is 436 g/mol. The molecular formula is C24H42N2O4Si2. The summed E-state index contributed by atoms with van der Waals surface area (Å²) in [7, 11) is -4.06. The SMILES string of the molecule is CC(C)(C)[Si](C)(C)Oc1ccc(CCC(=O)O)cc1O[Si](C)(C)C(C)(C)C.c1c[nH]cn1. The number of rotatable bonds is 7. The van der Waals surface area contributed by atoms with Gasteiger partial charge in [0.05, 0.1) is 6.33 Å². The topological polar surface area (TPSA) is 84.4 Å². The van der Waals surface area contributed by atoms with Crippen molar-refractivity contribution >= 4 is 22.6 Å². The molecule has 0 atom stereocenters. The van der Waals surface area contributed by atoms with Crippen LogP contribution in [0, 0.1) is 0 Å². The van der Waals surface area contributed by atoms with Crippen LogP contribution in [0.1, 0.15) is 53.5 Å². The van der Waals surface area contributed by atoms with Crippen LogP contribution in [0.4, 0.5) is 0 Å². The van der Waals surface area contributed by atoms with E-state index in [-0.39, 0.29) is 16.5 Å². The van der Waals surface area contributed by atoms with Crippen LogP contribution in [0.15, 0.2) is 36.9 Å². The Morgan fingerprint density at radius 3 is 1.88 bits per heavy atom. The Bertz CT molecular complexity index is 835. The largest absolute Gasteiger partial charge is 0.541 e. The molecule has 0 saturated heterocycles. The number of hydrogen-bond donors (Lipinski definition) is 2. The average Bonchev–Trinajstić information content (AvgIpc) is 3.19. The molecule has 0 spiro atoms. The van der Waals surface area contributed by atoms with Crippen LogP contribution in [0.5, 0.6) is 11.5 Å². The lowest BCUT2D eigenvalue weighted by Crippen LogP contribution is -2.45. The van der Waals surface area contributed by atoms with Gasteiger partial charge in [0.1, 0.15) is 11.5 Å². The Labute approximate surface area is 196 Å². The van der Waals surface area contributed by atoms with E-state index in [1.54, 1.807) is 18.7 Å². The van der Waals surface area contributed by atoms with Crippen molar-refractivity contribution < 1.29 is 18.8 Å². The van der Waals surface area contributed by atoms with E-state index >= 15 is 0 Å². The van der Waals surface area contributed by atoms with E-state index in [1.807, 2.05) is 18.2 Å². The van der Waals surface area contributed by atoms with Gasteiger partial charge in [-0.3, -0.25) is 4.79 Å². The lowest BCUT2D eigenvalue weighted by atomic mass is 10.1. The zero-order chi connectivity index (χ0) is 24.8. The van der Waals surface area contributed by atoms with Gasteiger partial charge in [0, 0.05) is 18.8 Å². The monoisotopic (exact) mass is 478 g/mol. The summed E-state index contributed by atoms with van der Waals surface area (Å²) in [4.78, 5) is 17.4. The van der Waals surface area contributed by atoms with Crippen LogP contribution in [0.25, 0.3) is 0 Å². The van der Waals surface area contributed by atoms with Gasteiger partial charge in [0.15, 0.2) is 0 Å². The number of carbonyl (C=O) groups is 1. The molecule has 0 aliphatic rings. The fourth-order valence-electron chi connectivity index (χ4n) is 2.19. The second-order valence-electron chi connectivity index (χ2n) is 11.2. The molecule has 2 N–H and O–H groups in total. The summed E-state index contributed by atoms with van der Waals surface area (Å²) in [6.45, 7) is 22.2. The fraction of sp³-hybridized carbons (Fsp3) is 0.583. The first-order valence-electron chi connectivity index (χ1n) is 11.1. The van der Waals surface area contributed by atoms with Crippen LogP contribution in [0.3, 0.4) is 0 Å². The molecule has 2 aromatic rings. The smallest absolute Gasteiger partial charge is 0.303 e. The van der Waals surface area contributed by atoms with Crippen molar-refractivity contribution in [2.45, 2.75) is 90.6 Å². The Morgan fingerprint density at radius 1 is 0.969 bits per heavy atom.